The zero-order valence-corrected chi connectivity index (χ0v) is 13.2. The Morgan fingerprint density at radius 3 is 2.65 bits per heavy atom. The van der Waals surface area contributed by atoms with Crippen LogP contribution in [0.25, 0.3) is 22.4 Å². The van der Waals surface area contributed by atoms with Gasteiger partial charge in [0.15, 0.2) is 5.76 Å². The number of furan rings is 1. The second-order valence-corrected chi connectivity index (χ2v) is 6.05. The molecule has 0 aliphatic carbocycles. The van der Waals surface area contributed by atoms with Crippen molar-refractivity contribution in [2.45, 2.75) is 26.7 Å². The third kappa shape index (κ3) is 2.48. The van der Waals surface area contributed by atoms with Crippen molar-refractivity contribution in [2.24, 2.45) is 0 Å². The second kappa shape index (κ2) is 5.02. The monoisotopic (exact) mass is 330 g/mol. The zero-order valence-electron chi connectivity index (χ0n) is 11.6. The third-order valence-electron chi connectivity index (χ3n) is 3.15. The normalized spacial score (nSPS) is 11.4. The van der Waals surface area contributed by atoms with Gasteiger partial charge in [-0.05, 0) is 41.1 Å². The molecule has 0 atom stereocenters. The van der Waals surface area contributed by atoms with Gasteiger partial charge in [0, 0.05) is 17.4 Å². The molecule has 0 radical (unpaired) electrons. The highest BCUT2D eigenvalue weighted by Crippen LogP contribution is 2.29. The van der Waals surface area contributed by atoms with E-state index >= 15 is 0 Å². The molecule has 3 nitrogen and oxygen atoms in total. The maximum Gasteiger partial charge on any atom is 0.153 e. The van der Waals surface area contributed by atoms with E-state index in [2.05, 4.69) is 52.7 Å². The van der Waals surface area contributed by atoms with Gasteiger partial charge in [-0.3, -0.25) is 0 Å². The SMILES string of the molecule is Cc1ccc2oc(-c3cc(Br)nc(C(C)C)n3)cc2c1. The summed E-state index contributed by atoms with van der Waals surface area (Å²) in [5.41, 5.74) is 2.91. The van der Waals surface area contributed by atoms with Gasteiger partial charge in [0.25, 0.3) is 0 Å². The molecule has 0 fully saturated rings. The number of aryl methyl sites for hydroxylation is 1. The smallest absolute Gasteiger partial charge is 0.153 e. The summed E-state index contributed by atoms with van der Waals surface area (Å²) in [5.74, 6) is 1.86. The number of benzene rings is 1. The number of aromatic nitrogens is 2. The summed E-state index contributed by atoms with van der Waals surface area (Å²) < 4.78 is 6.67. The quantitative estimate of drug-likeness (QED) is 0.614. The van der Waals surface area contributed by atoms with Crippen molar-refractivity contribution < 1.29 is 4.42 Å². The predicted octanol–water partition coefficient (Wildman–Crippen LogP) is 5.08. The lowest BCUT2D eigenvalue weighted by molar-refractivity contribution is 0.626. The highest BCUT2D eigenvalue weighted by molar-refractivity contribution is 9.10. The van der Waals surface area contributed by atoms with Crippen LogP contribution < -0.4 is 0 Å². The summed E-state index contributed by atoms with van der Waals surface area (Å²) >= 11 is 3.44. The van der Waals surface area contributed by atoms with Crippen molar-refractivity contribution in [1.29, 1.82) is 0 Å². The second-order valence-electron chi connectivity index (χ2n) is 5.24. The number of hydrogen-bond acceptors (Lipinski definition) is 3. The molecule has 0 aliphatic rings. The minimum Gasteiger partial charge on any atom is -0.454 e. The molecule has 0 saturated heterocycles. The highest BCUT2D eigenvalue weighted by atomic mass is 79.9. The number of hydrogen-bond donors (Lipinski definition) is 0. The van der Waals surface area contributed by atoms with E-state index in [0.717, 1.165) is 32.9 Å². The molecular weight excluding hydrogens is 316 g/mol. The fourth-order valence-corrected chi connectivity index (χ4v) is 2.51. The van der Waals surface area contributed by atoms with Crippen LogP contribution in [-0.4, -0.2) is 9.97 Å². The predicted molar refractivity (Wildman–Crippen MR) is 83.8 cm³/mol. The number of fused-ring (bicyclic) bond motifs is 1. The lowest BCUT2D eigenvalue weighted by atomic mass is 10.1. The molecule has 2 heterocycles. The first-order chi connectivity index (χ1) is 9.52. The third-order valence-corrected chi connectivity index (χ3v) is 3.56. The van der Waals surface area contributed by atoms with E-state index in [1.807, 2.05) is 24.3 Å². The van der Waals surface area contributed by atoms with Gasteiger partial charge in [-0.25, -0.2) is 9.97 Å². The maximum absolute atomic E-state index is 5.89. The van der Waals surface area contributed by atoms with Crippen molar-refractivity contribution >= 4 is 26.9 Å². The van der Waals surface area contributed by atoms with Crippen LogP contribution >= 0.6 is 15.9 Å². The summed E-state index contributed by atoms with van der Waals surface area (Å²) in [6, 6.07) is 10.1. The van der Waals surface area contributed by atoms with Crippen molar-refractivity contribution in [3.05, 3.63) is 46.3 Å². The highest BCUT2D eigenvalue weighted by Gasteiger charge is 2.12. The molecule has 0 spiro atoms. The van der Waals surface area contributed by atoms with Crippen LogP contribution in [0.3, 0.4) is 0 Å². The minimum atomic E-state index is 0.276. The fraction of sp³-hybridized carbons (Fsp3) is 0.250. The van der Waals surface area contributed by atoms with E-state index in [-0.39, 0.29) is 5.92 Å². The standard InChI is InChI=1S/C16H15BrN2O/c1-9(2)16-18-12(8-15(17)19-16)14-7-11-6-10(3)4-5-13(11)20-14/h4-9H,1-3H3. The molecule has 2 aromatic heterocycles. The first kappa shape index (κ1) is 13.3. The molecule has 0 N–H and O–H groups in total. The van der Waals surface area contributed by atoms with E-state index in [9.17, 15) is 0 Å². The Kier molecular flexibility index (Phi) is 3.34. The van der Waals surface area contributed by atoms with Crippen molar-refractivity contribution in [3.63, 3.8) is 0 Å². The molecule has 3 rings (SSSR count). The van der Waals surface area contributed by atoms with Crippen LogP contribution in [0.2, 0.25) is 0 Å². The summed E-state index contributed by atoms with van der Waals surface area (Å²) in [7, 11) is 0. The maximum atomic E-state index is 5.89. The molecule has 0 amide bonds. The van der Waals surface area contributed by atoms with E-state index < -0.39 is 0 Å². The molecule has 1 aromatic carbocycles. The molecule has 0 unspecified atom stereocenters. The minimum absolute atomic E-state index is 0.276. The Balaban J connectivity index is 2.15. The number of halogens is 1. The van der Waals surface area contributed by atoms with Crippen molar-refractivity contribution in [2.75, 3.05) is 0 Å². The van der Waals surface area contributed by atoms with Crippen LogP contribution in [-0.2, 0) is 0 Å². The molecule has 0 bridgehead atoms. The molecule has 0 aliphatic heterocycles. The molecule has 3 aromatic rings. The summed E-state index contributed by atoms with van der Waals surface area (Å²) in [5, 5.41) is 1.10. The van der Waals surface area contributed by atoms with Crippen LogP contribution in [0.1, 0.15) is 31.2 Å². The van der Waals surface area contributed by atoms with E-state index in [4.69, 9.17) is 4.42 Å². The van der Waals surface area contributed by atoms with Crippen LogP contribution in [0.5, 0.6) is 0 Å². The Morgan fingerprint density at radius 2 is 1.90 bits per heavy atom. The lowest BCUT2D eigenvalue weighted by Crippen LogP contribution is -1.99. The van der Waals surface area contributed by atoms with E-state index in [0.29, 0.717) is 0 Å². The average Bonchev–Trinajstić information content (AvgIpc) is 2.80. The largest absolute Gasteiger partial charge is 0.454 e. The lowest BCUT2D eigenvalue weighted by Gasteiger charge is -2.05. The number of rotatable bonds is 2. The number of nitrogens with zero attached hydrogens (tertiary/aromatic N) is 2. The summed E-state index contributed by atoms with van der Waals surface area (Å²) in [6.45, 7) is 6.23. The first-order valence-corrected chi connectivity index (χ1v) is 7.37. The van der Waals surface area contributed by atoms with Gasteiger partial charge in [-0.15, -0.1) is 0 Å². The molecule has 4 heteroatoms. The molecule has 102 valence electrons. The van der Waals surface area contributed by atoms with Crippen LogP contribution in [0.4, 0.5) is 0 Å². The average molecular weight is 331 g/mol. The molecular formula is C16H15BrN2O. The Labute approximate surface area is 126 Å². The molecule has 0 saturated carbocycles. The van der Waals surface area contributed by atoms with Gasteiger partial charge >= 0.3 is 0 Å². The first-order valence-electron chi connectivity index (χ1n) is 6.58. The Morgan fingerprint density at radius 1 is 1.10 bits per heavy atom. The zero-order chi connectivity index (χ0) is 14.3. The van der Waals surface area contributed by atoms with Gasteiger partial charge in [0.05, 0.1) is 0 Å². The van der Waals surface area contributed by atoms with Crippen LogP contribution in [0.15, 0.2) is 39.4 Å². The summed E-state index contributed by atoms with van der Waals surface area (Å²) in [4.78, 5) is 8.98. The summed E-state index contributed by atoms with van der Waals surface area (Å²) in [6.07, 6.45) is 0. The topological polar surface area (TPSA) is 38.9 Å². The van der Waals surface area contributed by atoms with Gasteiger partial charge in [-0.2, -0.15) is 0 Å². The molecule has 20 heavy (non-hydrogen) atoms. The van der Waals surface area contributed by atoms with Gasteiger partial charge in [0.1, 0.15) is 21.7 Å². The Hall–Kier alpha value is -1.68. The van der Waals surface area contributed by atoms with Crippen molar-refractivity contribution in [1.82, 2.24) is 9.97 Å². The Bertz CT molecular complexity index is 777. The van der Waals surface area contributed by atoms with Crippen LogP contribution in [0, 0.1) is 6.92 Å². The fourth-order valence-electron chi connectivity index (χ4n) is 2.11. The van der Waals surface area contributed by atoms with E-state index in [1.54, 1.807) is 0 Å². The van der Waals surface area contributed by atoms with Crippen molar-refractivity contribution in [3.8, 4) is 11.5 Å². The van der Waals surface area contributed by atoms with Gasteiger partial charge in [0.2, 0.25) is 0 Å². The van der Waals surface area contributed by atoms with E-state index in [1.165, 1.54) is 5.56 Å². The van der Waals surface area contributed by atoms with Gasteiger partial charge in [-0.1, -0.05) is 25.5 Å². The van der Waals surface area contributed by atoms with Gasteiger partial charge < -0.3 is 4.42 Å².